The monoisotopic (exact) mass is 408 g/mol. The van der Waals surface area contributed by atoms with Gasteiger partial charge in [-0.05, 0) is 56.4 Å². The lowest BCUT2D eigenvalue weighted by atomic mass is 9.97. The molecule has 156 valence electrons. The minimum absolute atomic E-state index is 0.0118. The van der Waals surface area contributed by atoms with Crippen molar-refractivity contribution in [2.24, 2.45) is 5.92 Å². The molecule has 1 N–H and O–H groups in total. The molecule has 1 saturated carbocycles. The number of carbonyl (C=O) groups excluding carboxylic acids is 1. The summed E-state index contributed by atoms with van der Waals surface area (Å²) in [5.41, 5.74) is 0.781. The first-order valence-corrected chi connectivity index (χ1v) is 11.8. The predicted molar refractivity (Wildman–Crippen MR) is 109 cm³/mol. The molecule has 1 heterocycles. The summed E-state index contributed by atoms with van der Waals surface area (Å²) in [7, 11) is -2.05. The number of benzene rings is 1. The van der Waals surface area contributed by atoms with Gasteiger partial charge < -0.3 is 10.1 Å². The first-order valence-electron chi connectivity index (χ1n) is 10.4. The molecule has 1 aromatic rings. The highest BCUT2D eigenvalue weighted by atomic mass is 32.2. The Hall–Kier alpha value is -1.60. The van der Waals surface area contributed by atoms with Crippen molar-refractivity contribution in [2.75, 3.05) is 20.2 Å². The van der Waals surface area contributed by atoms with Crippen LogP contribution in [0.3, 0.4) is 0 Å². The van der Waals surface area contributed by atoms with E-state index in [9.17, 15) is 13.2 Å². The van der Waals surface area contributed by atoms with Gasteiger partial charge in [0.25, 0.3) is 0 Å². The van der Waals surface area contributed by atoms with E-state index in [0.717, 1.165) is 37.7 Å². The molecular weight excluding hydrogens is 376 g/mol. The maximum atomic E-state index is 13.1. The van der Waals surface area contributed by atoms with Crippen LogP contribution in [0.4, 0.5) is 0 Å². The van der Waals surface area contributed by atoms with Gasteiger partial charge in [-0.3, -0.25) is 4.79 Å². The first kappa shape index (κ1) is 21.1. The summed E-state index contributed by atoms with van der Waals surface area (Å²) >= 11 is 0. The number of rotatable bonds is 5. The Morgan fingerprint density at radius 3 is 2.46 bits per heavy atom. The molecule has 0 aromatic heterocycles. The summed E-state index contributed by atoms with van der Waals surface area (Å²) in [6.45, 7) is 2.55. The largest absolute Gasteiger partial charge is 0.496 e. The van der Waals surface area contributed by atoms with E-state index >= 15 is 0 Å². The van der Waals surface area contributed by atoms with Crippen molar-refractivity contribution in [3.05, 3.63) is 23.8 Å². The van der Waals surface area contributed by atoms with Gasteiger partial charge in [-0.2, -0.15) is 4.31 Å². The smallest absolute Gasteiger partial charge is 0.243 e. The molecule has 1 aliphatic carbocycles. The van der Waals surface area contributed by atoms with Crippen molar-refractivity contribution in [2.45, 2.75) is 69.2 Å². The van der Waals surface area contributed by atoms with Gasteiger partial charge in [0.2, 0.25) is 15.9 Å². The van der Waals surface area contributed by atoms with Crippen LogP contribution < -0.4 is 10.1 Å². The molecule has 2 aliphatic rings. The van der Waals surface area contributed by atoms with Gasteiger partial charge in [0.1, 0.15) is 5.75 Å². The van der Waals surface area contributed by atoms with Gasteiger partial charge >= 0.3 is 0 Å². The molecule has 1 saturated heterocycles. The molecule has 0 unspecified atom stereocenters. The molecule has 0 spiro atoms. The van der Waals surface area contributed by atoms with Crippen molar-refractivity contribution >= 4 is 15.9 Å². The van der Waals surface area contributed by atoms with E-state index in [0.29, 0.717) is 18.7 Å². The molecule has 3 rings (SSSR count). The lowest BCUT2D eigenvalue weighted by Crippen LogP contribution is -2.47. The number of sulfonamides is 1. The molecule has 6 nitrogen and oxygen atoms in total. The number of piperidine rings is 1. The number of nitrogens with zero attached hydrogens (tertiary/aromatic N) is 1. The molecule has 1 aromatic carbocycles. The van der Waals surface area contributed by atoms with Crippen LogP contribution in [0.1, 0.15) is 56.9 Å². The lowest BCUT2D eigenvalue weighted by Gasteiger charge is -2.32. The molecule has 1 atom stereocenters. The molecule has 7 heteroatoms. The minimum atomic E-state index is -3.62. The Morgan fingerprint density at radius 1 is 1.11 bits per heavy atom. The van der Waals surface area contributed by atoms with Crippen molar-refractivity contribution in [1.82, 2.24) is 9.62 Å². The van der Waals surface area contributed by atoms with Gasteiger partial charge in [0, 0.05) is 19.1 Å². The average Bonchev–Trinajstić information content (AvgIpc) is 2.96. The number of hydrogen-bond donors (Lipinski definition) is 1. The molecule has 1 amide bonds. The first-order chi connectivity index (χ1) is 13.4. The summed E-state index contributed by atoms with van der Waals surface area (Å²) in [5.74, 6) is 0.405. The zero-order valence-electron chi connectivity index (χ0n) is 16.9. The minimum Gasteiger partial charge on any atom is -0.496 e. The number of carbonyl (C=O) groups is 1. The fourth-order valence-electron chi connectivity index (χ4n) is 4.28. The lowest BCUT2D eigenvalue weighted by molar-refractivity contribution is -0.126. The van der Waals surface area contributed by atoms with Crippen LogP contribution in [0.5, 0.6) is 5.75 Å². The number of nitrogens with one attached hydrogen (secondary N) is 1. The number of hydrogen-bond acceptors (Lipinski definition) is 4. The normalized spacial score (nSPS) is 22.4. The van der Waals surface area contributed by atoms with E-state index in [1.807, 2.05) is 6.92 Å². The molecule has 2 fully saturated rings. The second-order valence-corrected chi connectivity index (χ2v) is 9.97. The Bertz CT molecular complexity index is 786. The average molecular weight is 409 g/mol. The van der Waals surface area contributed by atoms with Gasteiger partial charge in [0.15, 0.2) is 0 Å². The van der Waals surface area contributed by atoms with Crippen LogP contribution >= 0.6 is 0 Å². The third kappa shape index (κ3) is 4.87. The quantitative estimate of drug-likeness (QED) is 0.759. The zero-order valence-corrected chi connectivity index (χ0v) is 17.8. The Labute approximate surface area is 168 Å². The molecule has 0 radical (unpaired) electrons. The Morgan fingerprint density at radius 2 is 1.82 bits per heavy atom. The highest BCUT2D eigenvalue weighted by Crippen LogP contribution is 2.27. The van der Waals surface area contributed by atoms with E-state index < -0.39 is 10.0 Å². The van der Waals surface area contributed by atoms with Crippen molar-refractivity contribution in [3.63, 3.8) is 0 Å². The fraction of sp³-hybridized carbons (Fsp3) is 0.667. The van der Waals surface area contributed by atoms with Crippen molar-refractivity contribution < 1.29 is 17.9 Å². The Kier molecular flexibility index (Phi) is 6.99. The van der Waals surface area contributed by atoms with E-state index in [4.69, 9.17) is 4.74 Å². The third-order valence-electron chi connectivity index (χ3n) is 5.96. The van der Waals surface area contributed by atoms with Gasteiger partial charge in [-0.25, -0.2) is 8.42 Å². The maximum Gasteiger partial charge on any atom is 0.243 e. The van der Waals surface area contributed by atoms with E-state index in [2.05, 4.69) is 5.32 Å². The summed E-state index contributed by atoms with van der Waals surface area (Å²) in [6.07, 6.45) is 8.31. The van der Waals surface area contributed by atoms with Gasteiger partial charge in [-0.15, -0.1) is 0 Å². The molecule has 28 heavy (non-hydrogen) atoms. The van der Waals surface area contributed by atoms with Crippen LogP contribution in [0.2, 0.25) is 0 Å². The third-order valence-corrected chi connectivity index (χ3v) is 7.82. The van der Waals surface area contributed by atoms with Crippen LogP contribution in [0.15, 0.2) is 23.1 Å². The number of ether oxygens (including phenoxy) is 1. The van der Waals surface area contributed by atoms with E-state index in [1.165, 1.54) is 17.1 Å². The van der Waals surface area contributed by atoms with E-state index in [1.54, 1.807) is 25.3 Å². The van der Waals surface area contributed by atoms with Crippen LogP contribution in [-0.4, -0.2) is 44.9 Å². The van der Waals surface area contributed by atoms with Crippen LogP contribution in [-0.2, 0) is 14.8 Å². The number of amides is 1. The molecule has 0 bridgehead atoms. The summed E-state index contributed by atoms with van der Waals surface area (Å²) < 4.78 is 32.9. The highest BCUT2D eigenvalue weighted by Gasteiger charge is 2.34. The molecule has 1 aliphatic heterocycles. The number of methoxy groups -OCH3 is 1. The predicted octanol–water partition coefficient (Wildman–Crippen LogP) is 3.24. The fourth-order valence-corrected chi connectivity index (χ4v) is 5.89. The summed E-state index contributed by atoms with van der Waals surface area (Å²) in [4.78, 5) is 13.0. The second-order valence-electron chi connectivity index (χ2n) is 8.03. The summed E-state index contributed by atoms with van der Waals surface area (Å²) in [6, 6.07) is 5.15. The maximum absolute atomic E-state index is 13.1. The van der Waals surface area contributed by atoms with Gasteiger partial charge in [0.05, 0.1) is 17.9 Å². The highest BCUT2D eigenvalue weighted by molar-refractivity contribution is 7.89. The van der Waals surface area contributed by atoms with Crippen LogP contribution in [0.25, 0.3) is 0 Å². The second kappa shape index (κ2) is 9.27. The SMILES string of the molecule is COc1ccc(S(=O)(=O)N2CCC[C@H](C(=O)NC3CCCCCC3)C2)cc1C. The van der Waals surface area contributed by atoms with Gasteiger partial charge in [-0.1, -0.05) is 25.7 Å². The van der Waals surface area contributed by atoms with Crippen LogP contribution in [0, 0.1) is 12.8 Å². The van der Waals surface area contributed by atoms with Crippen molar-refractivity contribution in [1.29, 1.82) is 0 Å². The topological polar surface area (TPSA) is 75.7 Å². The number of aryl methyl sites for hydroxylation is 1. The molecular formula is C21H32N2O4S. The van der Waals surface area contributed by atoms with E-state index in [-0.39, 0.29) is 29.3 Å². The standard InChI is InChI=1S/C21H32N2O4S/c1-16-14-19(11-12-20(16)27-2)28(25,26)23-13-7-8-17(15-23)21(24)22-18-9-5-3-4-6-10-18/h11-12,14,17-18H,3-10,13,15H2,1-2H3,(H,22,24)/t17-/m0/s1. The van der Waals surface area contributed by atoms with Crippen molar-refractivity contribution in [3.8, 4) is 5.75 Å². The Balaban J connectivity index is 1.67. The zero-order chi connectivity index (χ0) is 20.1. The summed E-state index contributed by atoms with van der Waals surface area (Å²) in [5, 5.41) is 3.19.